The molecule has 0 unspecified atom stereocenters. The maximum Gasteiger partial charge on any atom is 1.00 e. The van der Waals surface area contributed by atoms with Crippen molar-refractivity contribution in [2.75, 3.05) is 14.1 Å². The number of nitrogens with zero attached hydrogens (tertiary/aromatic N) is 1. The molecule has 0 rings (SSSR count). The van der Waals surface area contributed by atoms with Crippen LogP contribution in [0.2, 0.25) is 0 Å². The van der Waals surface area contributed by atoms with Gasteiger partial charge in [0.25, 0.3) is 0 Å². The Labute approximate surface area is 144 Å². The molecule has 0 saturated heterocycles. The van der Waals surface area contributed by atoms with Gasteiger partial charge in [0.2, 0.25) is 5.91 Å². The molecule has 5 nitrogen and oxygen atoms in total. The number of carboxylic acid groups (broad SMARTS) is 1. The van der Waals surface area contributed by atoms with Gasteiger partial charge in [-0.3, -0.25) is 9.59 Å². The van der Waals surface area contributed by atoms with E-state index in [4.69, 9.17) is 0 Å². The topological polar surface area (TPSA) is 77.5 Å². The van der Waals surface area contributed by atoms with Gasteiger partial charge in [-0.1, -0.05) is 6.92 Å². The van der Waals surface area contributed by atoms with Gasteiger partial charge in [0.15, 0.2) is 0 Å². The van der Waals surface area contributed by atoms with Crippen LogP contribution in [0, 0.1) is 5.92 Å². The summed E-state index contributed by atoms with van der Waals surface area (Å²) >= 11 is 0. The minimum Gasteiger partial charge on any atom is -0.550 e. The van der Waals surface area contributed by atoms with E-state index in [2.05, 4.69) is 0 Å². The molecule has 0 aliphatic rings. The number of hydrogen-bond donors (Lipinski definition) is 0. The Hall–Kier alpha value is 0.415. The second-order valence-electron chi connectivity index (χ2n) is 3.89. The van der Waals surface area contributed by atoms with E-state index in [-0.39, 0.29) is 82.9 Å². The molecule has 0 aromatic heterocycles. The van der Waals surface area contributed by atoms with Gasteiger partial charge in [0, 0.05) is 39.3 Å². The fraction of sp³-hybridized carbons (Fsp3) is 0.700. The third-order valence-corrected chi connectivity index (χ3v) is 1.94. The summed E-state index contributed by atoms with van der Waals surface area (Å²) in [6.07, 6.45) is -0.208. The smallest absolute Gasteiger partial charge is 0.550 e. The molecule has 1 amide bonds. The second kappa shape index (κ2) is 9.45. The minimum atomic E-state index is -1.37. The second-order valence-corrected chi connectivity index (χ2v) is 3.89. The molecule has 0 N–H and O–H groups in total. The number of carbonyl (C=O) groups excluding carboxylic acids is 3. The molecule has 0 fully saturated rings. The largest absolute Gasteiger partial charge is 1.00 e. The van der Waals surface area contributed by atoms with Crippen LogP contribution in [0.5, 0.6) is 0 Å². The number of Topliss-reactive ketones (excluding diaryl/α,β-unsaturated/α-hetero) is 1. The molecule has 0 spiro atoms. The SMILES string of the molecule is C[C@@H](CC(=O)CC(=O)[O-])CC(=O)N(C)C.[Rb+]. The van der Waals surface area contributed by atoms with E-state index in [0.29, 0.717) is 0 Å². The Balaban J connectivity index is 0. The van der Waals surface area contributed by atoms with Gasteiger partial charge in [0.1, 0.15) is 5.78 Å². The zero-order valence-corrected chi connectivity index (χ0v) is 15.2. The number of ketones is 1. The molecule has 0 aromatic carbocycles. The van der Waals surface area contributed by atoms with E-state index < -0.39 is 18.2 Å². The zero-order valence-electron chi connectivity index (χ0n) is 10.3. The van der Waals surface area contributed by atoms with Crippen LogP contribution in [0.25, 0.3) is 0 Å². The predicted octanol–water partition coefficient (Wildman–Crippen LogP) is -3.80. The van der Waals surface area contributed by atoms with Crippen LogP contribution in [0.1, 0.15) is 26.2 Å². The standard InChI is InChI=1S/C10H17NO4.Rb/c1-7(5-9(13)11(2)3)4-8(12)6-10(14)15;/h7H,4-6H2,1-3H3,(H,14,15);/q;+1/p-1/t7-;/m0./s1. The van der Waals surface area contributed by atoms with E-state index in [1.54, 1.807) is 21.0 Å². The molecule has 0 aromatic rings. The van der Waals surface area contributed by atoms with E-state index in [1.807, 2.05) is 0 Å². The summed E-state index contributed by atoms with van der Waals surface area (Å²) in [5.41, 5.74) is 0. The Kier molecular flexibility index (Phi) is 11.1. The van der Waals surface area contributed by atoms with Gasteiger partial charge in [-0.2, -0.15) is 0 Å². The normalized spacial score (nSPS) is 11.2. The van der Waals surface area contributed by atoms with Gasteiger partial charge < -0.3 is 14.8 Å². The first-order chi connectivity index (χ1) is 6.82. The van der Waals surface area contributed by atoms with E-state index in [9.17, 15) is 19.5 Å². The molecule has 6 heteroatoms. The maximum atomic E-state index is 11.2. The average molecular weight is 300 g/mol. The molecule has 0 saturated carbocycles. The van der Waals surface area contributed by atoms with Crippen LogP contribution in [0.15, 0.2) is 0 Å². The Morgan fingerprint density at radius 1 is 1.19 bits per heavy atom. The molecular formula is C10H16NO4Rb. The zero-order chi connectivity index (χ0) is 12.0. The molecule has 0 aliphatic carbocycles. The van der Waals surface area contributed by atoms with Crippen molar-refractivity contribution in [1.29, 1.82) is 0 Å². The van der Waals surface area contributed by atoms with E-state index >= 15 is 0 Å². The fourth-order valence-corrected chi connectivity index (χ4v) is 1.17. The average Bonchev–Trinajstić information content (AvgIpc) is 2.00. The summed E-state index contributed by atoms with van der Waals surface area (Å²) in [5.74, 6) is -1.96. The first-order valence-corrected chi connectivity index (χ1v) is 4.74. The quantitative estimate of drug-likeness (QED) is 0.471. The molecule has 0 bridgehead atoms. The summed E-state index contributed by atoms with van der Waals surface area (Å²) in [7, 11) is 3.27. The molecule has 0 radical (unpaired) electrons. The summed E-state index contributed by atoms with van der Waals surface area (Å²) < 4.78 is 0. The first kappa shape index (κ1) is 18.8. The van der Waals surface area contributed by atoms with Crippen molar-refractivity contribution in [2.24, 2.45) is 5.92 Å². The molecule has 86 valence electrons. The first-order valence-electron chi connectivity index (χ1n) is 4.74. The fourth-order valence-electron chi connectivity index (χ4n) is 1.17. The van der Waals surface area contributed by atoms with Crippen molar-refractivity contribution in [3.8, 4) is 0 Å². The van der Waals surface area contributed by atoms with Crippen molar-refractivity contribution in [2.45, 2.75) is 26.2 Å². The predicted molar refractivity (Wildman–Crippen MR) is 51.7 cm³/mol. The van der Waals surface area contributed by atoms with Gasteiger partial charge in [-0.25, -0.2) is 0 Å². The number of hydrogen-bond acceptors (Lipinski definition) is 4. The number of aliphatic carboxylic acids is 1. The van der Waals surface area contributed by atoms with Gasteiger partial charge in [-0.05, 0) is 5.92 Å². The van der Waals surface area contributed by atoms with Crippen LogP contribution in [0.4, 0.5) is 0 Å². The van der Waals surface area contributed by atoms with Gasteiger partial charge in [0.05, 0.1) is 0 Å². The summed E-state index contributed by atoms with van der Waals surface area (Å²) in [6.45, 7) is 1.74. The van der Waals surface area contributed by atoms with Crippen LogP contribution in [0.3, 0.4) is 0 Å². The van der Waals surface area contributed by atoms with Crippen molar-refractivity contribution >= 4 is 17.7 Å². The molecule has 0 aliphatic heterocycles. The summed E-state index contributed by atoms with van der Waals surface area (Å²) in [6, 6.07) is 0. The van der Waals surface area contributed by atoms with Crippen LogP contribution < -0.4 is 63.3 Å². The minimum absolute atomic E-state index is 0. The van der Waals surface area contributed by atoms with Crippen molar-refractivity contribution < 1.29 is 77.7 Å². The van der Waals surface area contributed by atoms with Gasteiger partial charge >= 0.3 is 58.2 Å². The van der Waals surface area contributed by atoms with Gasteiger partial charge in [-0.15, -0.1) is 0 Å². The van der Waals surface area contributed by atoms with Crippen LogP contribution in [-0.4, -0.2) is 36.7 Å². The number of rotatable bonds is 6. The Bertz CT molecular complexity index is 266. The molecule has 1 atom stereocenters. The van der Waals surface area contributed by atoms with E-state index in [0.717, 1.165) is 0 Å². The third kappa shape index (κ3) is 9.63. The van der Waals surface area contributed by atoms with E-state index in [1.165, 1.54) is 4.90 Å². The van der Waals surface area contributed by atoms with Crippen LogP contribution in [-0.2, 0) is 14.4 Å². The number of amides is 1. The summed E-state index contributed by atoms with van der Waals surface area (Å²) in [4.78, 5) is 33.9. The summed E-state index contributed by atoms with van der Waals surface area (Å²) in [5, 5.41) is 10.1. The Morgan fingerprint density at radius 3 is 2.06 bits per heavy atom. The number of carbonyl (C=O) groups is 3. The third-order valence-electron chi connectivity index (χ3n) is 1.94. The molecule has 16 heavy (non-hydrogen) atoms. The molecule has 0 heterocycles. The van der Waals surface area contributed by atoms with Crippen molar-refractivity contribution in [3.63, 3.8) is 0 Å². The Morgan fingerprint density at radius 2 is 1.69 bits per heavy atom. The van der Waals surface area contributed by atoms with Crippen molar-refractivity contribution in [3.05, 3.63) is 0 Å². The number of carboxylic acids is 1. The van der Waals surface area contributed by atoms with Crippen LogP contribution >= 0.6 is 0 Å². The molecular weight excluding hydrogens is 284 g/mol. The maximum absolute atomic E-state index is 11.2. The monoisotopic (exact) mass is 299 g/mol. The van der Waals surface area contributed by atoms with Crippen molar-refractivity contribution in [1.82, 2.24) is 4.90 Å².